The molecule has 0 aliphatic heterocycles. The first-order chi connectivity index (χ1) is 8.81. The minimum Gasteiger partial charge on any atom is -0.454 e. The Bertz CT molecular complexity index is 476. The summed E-state index contributed by atoms with van der Waals surface area (Å²) in [5, 5.41) is 7.46. The minimum absolute atomic E-state index is 0.774. The van der Waals surface area contributed by atoms with E-state index in [0.717, 1.165) is 31.1 Å². The molecule has 0 radical (unpaired) electrons. The smallest absolute Gasteiger partial charge is 0.165 e. The molecule has 1 aromatic heterocycles. The molecule has 2 aromatic rings. The molecule has 4 nitrogen and oxygen atoms in total. The molecule has 0 saturated heterocycles. The van der Waals surface area contributed by atoms with Crippen LogP contribution in [0.15, 0.2) is 36.7 Å². The van der Waals surface area contributed by atoms with Crippen molar-refractivity contribution in [3.63, 3.8) is 0 Å². The molecular formula is C14H19N3O. The minimum atomic E-state index is 0.774. The van der Waals surface area contributed by atoms with Crippen LogP contribution in [0.4, 0.5) is 0 Å². The average Bonchev–Trinajstić information content (AvgIpc) is 2.86. The number of nitrogens with one attached hydrogen (secondary N) is 1. The van der Waals surface area contributed by atoms with E-state index in [-0.39, 0.29) is 0 Å². The van der Waals surface area contributed by atoms with Crippen LogP contribution in [-0.4, -0.2) is 16.3 Å². The number of benzene rings is 1. The second-order valence-corrected chi connectivity index (χ2v) is 4.06. The molecule has 96 valence electrons. The maximum atomic E-state index is 5.72. The maximum Gasteiger partial charge on any atom is 0.165 e. The highest BCUT2D eigenvalue weighted by atomic mass is 16.5. The highest BCUT2D eigenvalue weighted by molar-refractivity contribution is 5.31. The highest BCUT2D eigenvalue weighted by Crippen LogP contribution is 2.20. The van der Waals surface area contributed by atoms with Gasteiger partial charge in [0, 0.05) is 13.1 Å². The predicted octanol–water partition coefficient (Wildman–Crippen LogP) is 2.80. The number of aryl methyl sites for hydroxylation is 1. The molecule has 0 spiro atoms. The molecule has 0 saturated carbocycles. The highest BCUT2D eigenvalue weighted by Gasteiger charge is 2.00. The van der Waals surface area contributed by atoms with Crippen LogP contribution >= 0.6 is 0 Å². The molecule has 0 aliphatic carbocycles. The number of rotatable bonds is 6. The fraction of sp³-hybridized carbons (Fsp3) is 0.357. The van der Waals surface area contributed by atoms with Crippen LogP contribution in [0.2, 0.25) is 0 Å². The van der Waals surface area contributed by atoms with E-state index in [1.54, 1.807) is 6.20 Å². The summed E-state index contributed by atoms with van der Waals surface area (Å²) in [5.41, 5.74) is 1.26. The van der Waals surface area contributed by atoms with Crippen LogP contribution in [0.3, 0.4) is 0 Å². The molecule has 4 heteroatoms. The van der Waals surface area contributed by atoms with E-state index >= 15 is 0 Å². The van der Waals surface area contributed by atoms with E-state index < -0.39 is 0 Å². The van der Waals surface area contributed by atoms with E-state index in [2.05, 4.69) is 29.5 Å². The van der Waals surface area contributed by atoms with Crippen LogP contribution < -0.4 is 10.1 Å². The molecule has 1 aromatic carbocycles. The van der Waals surface area contributed by atoms with E-state index in [9.17, 15) is 0 Å². The van der Waals surface area contributed by atoms with E-state index in [4.69, 9.17) is 4.74 Å². The zero-order valence-electron chi connectivity index (χ0n) is 10.9. The quantitative estimate of drug-likeness (QED) is 0.850. The van der Waals surface area contributed by atoms with Crippen molar-refractivity contribution in [2.75, 3.05) is 6.54 Å². The van der Waals surface area contributed by atoms with Crippen LogP contribution in [0, 0.1) is 0 Å². The third kappa shape index (κ3) is 3.34. The Balaban J connectivity index is 1.97. The standard InChI is InChI=1S/C14H19N3O/c1-3-15-9-12-5-7-13(8-6-12)18-14-10-16-17(4-2)11-14/h5-8,10-11,15H,3-4,9H2,1-2H3. The van der Waals surface area contributed by atoms with Gasteiger partial charge in [-0.2, -0.15) is 5.10 Å². The second kappa shape index (κ2) is 6.21. The van der Waals surface area contributed by atoms with Crippen molar-refractivity contribution in [2.45, 2.75) is 26.9 Å². The van der Waals surface area contributed by atoms with Gasteiger partial charge in [0.2, 0.25) is 0 Å². The molecular weight excluding hydrogens is 226 g/mol. The molecule has 18 heavy (non-hydrogen) atoms. The summed E-state index contributed by atoms with van der Waals surface area (Å²) in [4.78, 5) is 0. The van der Waals surface area contributed by atoms with Crippen molar-refractivity contribution < 1.29 is 4.74 Å². The summed E-state index contributed by atoms with van der Waals surface area (Å²) in [6.45, 7) is 6.87. The van der Waals surface area contributed by atoms with Gasteiger partial charge in [0.1, 0.15) is 5.75 Å². The summed E-state index contributed by atoms with van der Waals surface area (Å²) in [6, 6.07) is 8.11. The second-order valence-electron chi connectivity index (χ2n) is 4.06. The molecule has 0 aliphatic rings. The summed E-state index contributed by atoms with van der Waals surface area (Å²) in [7, 11) is 0. The summed E-state index contributed by atoms with van der Waals surface area (Å²) < 4.78 is 7.56. The molecule has 2 rings (SSSR count). The Morgan fingerprint density at radius 1 is 1.17 bits per heavy atom. The number of hydrogen-bond donors (Lipinski definition) is 1. The lowest BCUT2D eigenvalue weighted by atomic mass is 10.2. The van der Waals surface area contributed by atoms with Crippen LogP contribution in [0.5, 0.6) is 11.5 Å². The van der Waals surface area contributed by atoms with Gasteiger partial charge < -0.3 is 10.1 Å². The first kappa shape index (κ1) is 12.6. The Labute approximate surface area is 108 Å². The summed E-state index contributed by atoms with van der Waals surface area (Å²) in [6.07, 6.45) is 3.63. The monoisotopic (exact) mass is 245 g/mol. The number of hydrogen-bond acceptors (Lipinski definition) is 3. The van der Waals surface area contributed by atoms with Gasteiger partial charge in [-0.1, -0.05) is 19.1 Å². The topological polar surface area (TPSA) is 39.1 Å². The van der Waals surface area contributed by atoms with Crippen molar-refractivity contribution in [1.82, 2.24) is 15.1 Å². The largest absolute Gasteiger partial charge is 0.454 e. The van der Waals surface area contributed by atoms with Crippen molar-refractivity contribution in [1.29, 1.82) is 0 Å². The average molecular weight is 245 g/mol. The molecule has 0 bridgehead atoms. The Kier molecular flexibility index (Phi) is 4.36. The molecule has 1 heterocycles. The number of aromatic nitrogens is 2. The van der Waals surface area contributed by atoms with Gasteiger partial charge in [-0.15, -0.1) is 0 Å². The lowest BCUT2D eigenvalue weighted by Crippen LogP contribution is -2.11. The zero-order valence-corrected chi connectivity index (χ0v) is 10.9. The van der Waals surface area contributed by atoms with Gasteiger partial charge in [0.05, 0.1) is 12.4 Å². The van der Waals surface area contributed by atoms with E-state index in [1.165, 1.54) is 5.56 Å². The van der Waals surface area contributed by atoms with Crippen molar-refractivity contribution in [2.24, 2.45) is 0 Å². The molecule has 0 amide bonds. The van der Waals surface area contributed by atoms with Gasteiger partial charge in [-0.3, -0.25) is 4.68 Å². The van der Waals surface area contributed by atoms with Gasteiger partial charge in [0.25, 0.3) is 0 Å². The van der Waals surface area contributed by atoms with Crippen LogP contribution in [0.25, 0.3) is 0 Å². The first-order valence-corrected chi connectivity index (χ1v) is 6.31. The van der Waals surface area contributed by atoms with Gasteiger partial charge >= 0.3 is 0 Å². The van der Waals surface area contributed by atoms with Crippen molar-refractivity contribution in [3.8, 4) is 11.5 Å². The van der Waals surface area contributed by atoms with E-state index in [1.807, 2.05) is 29.9 Å². The van der Waals surface area contributed by atoms with Crippen molar-refractivity contribution >= 4 is 0 Å². The lowest BCUT2D eigenvalue weighted by molar-refractivity contribution is 0.481. The molecule has 0 fully saturated rings. The Hall–Kier alpha value is -1.81. The fourth-order valence-electron chi connectivity index (χ4n) is 1.65. The van der Waals surface area contributed by atoms with Crippen molar-refractivity contribution in [3.05, 3.63) is 42.2 Å². The van der Waals surface area contributed by atoms with Crippen LogP contribution in [0.1, 0.15) is 19.4 Å². The fourth-order valence-corrected chi connectivity index (χ4v) is 1.65. The number of ether oxygens (including phenoxy) is 1. The molecule has 0 atom stereocenters. The van der Waals surface area contributed by atoms with E-state index in [0.29, 0.717) is 0 Å². The normalized spacial score (nSPS) is 10.6. The predicted molar refractivity (Wildman–Crippen MR) is 71.8 cm³/mol. The van der Waals surface area contributed by atoms with Gasteiger partial charge in [-0.05, 0) is 31.2 Å². The number of nitrogens with zero attached hydrogens (tertiary/aromatic N) is 2. The SMILES string of the molecule is CCNCc1ccc(Oc2cnn(CC)c2)cc1. The maximum absolute atomic E-state index is 5.72. The Morgan fingerprint density at radius 2 is 1.94 bits per heavy atom. The lowest BCUT2D eigenvalue weighted by Gasteiger charge is -2.05. The van der Waals surface area contributed by atoms with Gasteiger partial charge in [0.15, 0.2) is 5.75 Å². The third-order valence-corrected chi connectivity index (χ3v) is 2.67. The Morgan fingerprint density at radius 3 is 2.56 bits per heavy atom. The molecule has 1 N–H and O–H groups in total. The third-order valence-electron chi connectivity index (χ3n) is 2.67. The first-order valence-electron chi connectivity index (χ1n) is 6.31. The van der Waals surface area contributed by atoms with Gasteiger partial charge in [-0.25, -0.2) is 0 Å². The summed E-state index contributed by atoms with van der Waals surface area (Å²) in [5.74, 6) is 1.61. The molecule has 0 unspecified atom stereocenters. The zero-order chi connectivity index (χ0) is 12.8. The summed E-state index contributed by atoms with van der Waals surface area (Å²) >= 11 is 0. The van der Waals surface area contributed by atoms with Crippen LogP contribution in [-0.2, 0) is 13.1 Å².